The lowest BCUT2D eigenvalue weighted by Crippen LogP contribution is -2.45. The standard InChI is InChI=1S/C74H137N2O6P/c1-6-8-10-12-14-16-18-20-22-24-26-28-30-32-34-36-37-38-39-40-42-44-46-48-50-52-54-56-58-60-62-64-66-68-74(78)75-72(71-82-83(79,80)81-70-69-76(3,4)5)73(77)67-65-63-61-59-57-55-53-51-49-47-45-43-41-35-33-31-29-27-25-23-21-19-17-15-13-11-9-7-2/h8,10,14,16,20,22,26,28,32,34,37-38,65,67,72-73,77H,6-7,9,11-13,15,17-19,21,23-25,27,29-31,33,35-36,39-64,66,68-71H2,1-5H3,(H-,75,78,79,80)/p+1/b10-8-,16-14-,22-20-,28-26-,34-32-,38-37-,67-65+. The molecule has 9 heteroatoms. The number of carbonyl (C=O) groups excluding carboxylic acids is 1. The van der Waals surface area contributed by atoms with Crippen LogP contribution in [0.4, 0.5) is 0 Å². The first-order valence-electron chi connectivity index (χ1n) is 35.5. The van der Waals surface area contributed by atoms with Crippen LogP contribution in [-0.4, -0.2) is 73.4 Å². The number of phosphoric ester groups is 1. The fourth-order valence-corrected chi connectivity index (χ4v) is 11.1. The summed E-state index contributed by atoms with van der Waals surface area (Å²) in [6.45, 7) is 4.74. The Morgan fingerprint density at radius 2 is 0.723 bits per heavy atom. The predicted molar refractivity (Wildman–Crippen MR) is 364 cm³/mol. The Morgan fingerprint density at radius 1 is 0.422 bits per heavy atom. The molecule has 8 nitrogen and oxygen atoms in total. The average Bonchev–Trinajstić information content (AvgIpc) is 3.49. The summed E-state index contributed by atoms with van der Waals surface area (Å²) in [6.07, 6.45) is 91.6. The van der Waals surface area contributed by atoms with E-state index in [0.29, 0.717) is 17.4 Å². The molecule has 0 spiro atoms. The summed E-state index contributed by atoms with van der Waals surface area (Å²) in [7, 11) is 1.58. The van der Waals surface area contributed by atoms with Crippen molar-refractivity contribution >= 4 is 13.7 Å². The topological polar surface area (TPSA) is 105 Å². The van der Waals surface area contributed by atoms with Gasteiger partial charge in [-0.1, -0.05) is 336 Å². The third-order valence-corrected chi connectivity index (χ3v) is 16.9. The molecule has 0 aliphatic heterocycles. The summed E-state index contributed by atoms with van der Waals surface area (Å²) >= 11 is 0. The Bertz CT molecular complexity index is 1630. The molecule has 0 saturated heterocycles. The second-order valence-electron chi connectivity index (χ2n) is 25.2. The minimum absolute atomic E-state index is 0.0597. The van der Waals surface area contributed by atoms with Gasteiger partial charge in [-0.25, -0.2) is 4.57 Å². The molecule has 0 aromatic rings. The van der Waals surface area contributed by atoms with Crippen molar-refractivity contribution in [1.29, 1.82) is 0 Å². The number of carbonyl (C=O) groups is 1. The van der Waals surface area contributed by atoms with Crippen molar-refractivity contribution in [3.8, 4) is 0 Å². The zero-order valence-corrected chi connectivity index (χ0v) is 56.3. The second-order valence-corrected chi connectivity index (χ2v) is 26.7. The quantitative estimate of drug-likeness (QED) is 0.0243. The third kappa shape index (κ3) is 67.1. The summed E-state index contributed by atoms with van der Waals surface area (Å²) in [6, 6.07) is -0.853. The molecule has 0 saturated carbocycles. The Morgan fingerprint density at radius 3 is 1.06 bits per heavy atom. The number of likely N-dealkylation sites (N-methyl/N-ethyl adjacent to an activating group) is 1. The summed E-state index contributed by atoms with van der Waals surface area (Å²) in [5, 5.41) is 14.0. The molecule has 0 aliphatic carbocycles. The molecule has 1 amide bonds. The molecule has 0 heterocycles. The van der Waals surface area contributed by atoms with Crippen LogP contribution in [0, 0.1) is 0 Å². The number of nitrogens with one attached hydrogen (secondary N) is 1. The first kappa shape index (κ1) is 80.7. The van der Waals surface area contributed by atoms with E-state index in [-0.39, 0.29) is 19.1 Å². The largest absolute Gasteiger partial charge is 0.472 e. The van der Waals surface area contributed by atoms with Crippen molar-refractivity contribution in [2.75, 3.05) is 40.9 Å². The molecule has 484 valence electrons. The van der Waals surface area contributed by atoms with Crippen LogP contribution in [0.2, 0.25) is 0 Å². The van der Waals surface area contributed by atoms with Gasteiger partial charge in [-0.2, -0.15) is 0 Å². The van der Waals surface area contributed by atoms with Crippen molar-refractivity contribution in [3.05, 3.63) is 85.1 Å². The fourth-order valence-electron chi connectivity index (χ4n) is 10.4. The summed E-state index contributed by atoms with van der Waals surface area (Å²) < 4.78 is 23.8. The maximum atomic E-state index is 13.1. The zero-order chi connectivity index (χ0) is 60.5. The smallest absolute Gasteiger partial charge is 0.387 e. The Hall–Kier alpha value is -2.32. The molecule has 3 atom stereocenters. The van der Waals surface area contributed by atoms with E-state index < -0.39 is 20.0 Å². The predicted octanol–water partition coefficient (Wildman–Crippen LogP) is 22.7. The van der Waals surface area contributed by atoms with Gasteiger partial charge >= 0.3 is 7.82 Å². The highest BCUT2D eigenvalue weighted by Crippen LogP contribution is 2.43. The van der Waals surface area contributed by atoms with Gasteiger partial charge in [-0.05, 0) is 70.6 Å². The first-order valence-corrected chi connectivity index (χ1v) is 37.0. The van der Waals surface area contributed by atoms with Crippen molar-refractivity contribution in [2.45, 2.75) is 341 Å². The van der Waals surface area contributed by atoms with Gasteiger partial charge in [-0.3, -0.25) is 13.8 Å². The van der Waals surface area contributed by atoms with E-state index in [0.717, 1.165) is 77.0 Å². The van der Waals surface area contributed by atoms with Gasteiger partial charge in [0, 0.05) is 6.42 Å². The molecule has 0 aromatic heterocycles. The number of hydrogen-bond acceptors (Lipinski definition) is 5. The molecule has 0 fully saturated rings. The summed E-state index contributed by atoms with van der Waals surface area (Å²) in [4.78, 5) is 23.4. The number of unbranched alkanes of at least 4 members (excludes halogenated alkanes) is 40. The zero-order valence-electron chi connectivity index (χ0n) is 55.4. The Kier molecular flexibility index (Phi) is 62.4. The molecular formula is C74H138N2O6P+. The fraction of sp³-hybridized carbons (Fsp3) is 0.797. The molecule has 3 unspecified atom stereocenters. The Labute approximate surface area is 516 Å². The lowest BCUT2D eigenvalue weighted by atomic mass is 10.0. The SMILES string of the molecule is CC/C=C\C/C=C\C/C=C\C/C=C\C/C=C\C/C=C\CCCCCCCCCCCCCCCCC(=O)NC(COP(=O)(O)OCC[N+](C)(C)C)C(O)/C=C/CCCCCCCCCCCCCCCCCCCCCCCCCCCC. The van der Waals surface area contributed by atoms with Crippen LogP contribution in [0.25, 0.3) is 0 Å². The average molecular weight is 1180 g/mol. The van der Waals surface area contributed by atoms with Gasteiger partial charge in [0.25, 0.3) is 0 Å². The highest BCUT2D eigenvalue weighted by Gasteiger charge is 2.28. The molecule has 0 aliphatic rings. The van der Waals surface area contributed by atoms with E-state index in [1.54, 1.807) is 6.08 Å². The summed E-state index contributed by atoms with van der Waals surface area (Å²) in [5.74, 6) is -0.176. The summed E-state index contributed by atoms with van der Waals surface area (Å²) in [5.41, 5.74) is 0. The van der Waals surface area contributed by atoms with Crippen LogP contribution in [-0.2, 0) is 18.4 Å². The van der Waals surface area contributed by atoms with Crippen LogP contribution in [0.1, 0.15) is 328 Å². The van der Waals surface area contributed by atoms with Crippen LogP contribution in [0.3, 0.4) is 0 Å². The molecule has 0 aromatic carbocycles. The van der Waals surface area contributed by atoms with Gasteiger partial charge in [0.05, 0.1) is 39.9 Å². The normalized spacial score (nSPS) is 14.2. The highest BCUT2D eigenvalue weighted by molar-refractivity contribution is 7.47. The molecular weight excluding hydrogens is 1040 g/mol. The third-order valence-electron chi connectivity index (χ3n) is 15.9. The Balaban J connectivity index is 4.08. The first-order chi connectivity index (χ1) is 40.5. The monoisotopic (exact) mass is 1180 g/mol. The van der Waals surface area contributed by atoms with Crippen molar-refractivity contribution < 1.29 is 32.9 Å². The van der Waals surface area contributed by atoms with E-state index in [9.17, 15) is 19.4 Å². The number of quaternary nitrogens is 1. The molecule has 83 heavy (non-hydrogen) atoms. The number of aliphatic hydroxyl groups excluding tert-OH is 1. The van der Waals surface area contributed by atoms with E-state index >= 15 is 0 Å². The lowest BCUT2D eigenvalue weighted by Gasteiger charge is -2.25. The lowest BCUT2D eigenvalue weighted by molar-refractivity contribution is -0.870. The number of rotatable bonds is 65. The second kappa shape index (κ2) is 64.2. The number of nitrogens with zero attached hydrogens (tertiary/aromatic N) is 1. The molecule has 0 radical (unpaired) electrons. The van der Waals surface area contributed by atoms with Crippen LogP contribution in [0.5, 0.6) is 0 Å². The van der Waals surface area contributed by atoms with E-state index in [1.807, 2.05) is 27.2 Å². The van der Waals surface area contributed by atoms with E-state index in [2.05, 4.69) is 92.1 Å². The van der Waals surface area contributed by atoms with Gasteiger partial charge in [0.2, 0.25) is 5.91 Å². The van der Waals surface area contributed by atoms with Crippen LogP contribution in [0.15, 0.2) is 85.1 Å². The number of allylic oxidation sites excluding steroid dienone is 13. The molecule has 0 rings (SSSR count). The van der Waals surface area contributed by atoms with Gasteiger partial charge < -0.3 is 19.8 Å². The molecule has 0 bridgehead atoms. The maximum absolute atomic E-state index is 13.1. The minimum Gasteiger partial charge on any atom is -0.387 e. The van der Waals surface area contributed by atoms with E-state index in [4.69, 9.17) is 9.05 Å². The van der Waals surface area contributed by atoms with Crippen molar-refractivity contribution in [1.82, 2.24) is 5.32 Å². The van der Waals surface area contributed by atoms with Crippen LogP contribution < -0.4 is 5.32 Å². The number of hydrogen-bond donors (Lipinski definition) is 3. The number of amides is 1. The highest BCUT2D eigenvalue weighted by atomic mass is 31.2. The van der Waals surface area contributed by atoms with Crippen LogP contribution >= 0.6 is 7.82 Å². The van der Waals surface area contributed by atoms with Gasteiger partial charge in [0.1, 0.15) is 13.2 Å². The maximum Gasteiger partial charge on any atom is 0.472 e. The molecule has 3 N–H and O–H groups in total. The van der Waals surface area contributed by atoms with Gasteiger partial charge in [0.15, 0.2) is 0 Å². The number of phosphoric acid groups is 1. The number of aliphatic hydroxyl groups is 1. The van der Waals surface area contributed by atoms with Gasteiger partial charge in [-0.15, -0.1) is 0 Å². The van der Waals surface area contributed by atoms with Crippen molar-refractivity contribution in [2.24, 2.45) is 0 Å². The van der Waals surface area contributed by atoms with E-state index in [1.165, 1.54) is 231 Å². The minimum atomic E-state index is -4.36. The van der Waals surface area contributed by atoms with Crippen molar-refractivity contribution in [3.63, 3.8) is 0 Å².